The first kappa shape index (κ1) is 28.4. The van der Waals surface area contributed by atoms with E-state index in [9.17, 15) is 4.79 Å². The van der Waals surface area contributed by atoms with E-state index < -0.39 is 0 Å². The molecule has 2 heterocycles. The molecule has 3 aromatic rings. The number of carbonyl (C=O) groups is 1. The molecule has 1 aromatic heterocycles. The molecule has 1 atom stereocenters. The third kappa shape index (κ3) is 8.71. The minimum Gasteiger partial charge on any atom is -0.450 e. The highest BCUT2D eigenvalue weighted by atomic mass is 35.5. The summed E-state index contributed by atoms with van der Waals surface area (Å²) in [6, 6.07) is 18.2. The van der Waals surface area contributed by atoms with E-state index in [4.69, 9.17) is 46.0 Å². The highest BCUT2D eigenvalue weighted by molar-refractivity contribution is 6.31. The summed E-state index contributed by atoms with van der Waals surface area (Å²) in [5.74, 6) is 9.00. The third-order valence-electron chi connectivity index (χ3n) is 5.46. The molecule has 1 saturated heterocycles. The van der Waals surface area contributed by atoms with Crippen molar-refractivity contribution in [3.63, 3.8) is 0 Å². The Morgan fingerprint density at radius 2 is 1.65 bits per heavy atom. The maximum absolute atomic E-state index is 12.0. The summed E-state index contributed by atoms with van der Waals surface area (Å²) in [7, 11) is 0. The van der Waals surface area contributed by atoms with Crippen LogP contribution in [0.25, 0.3) is 0 Å². The molecular weight excluding hydrogens is 529 g/mol. The minimum absolute atomic E-state index is 0.232. The van der Waals surface area contributed by atoms with E-state index in [1.54, 1.807) is 30.2 Å². The monoisotopic (exact) mass is 553 g/mol. The summed E-state index contributed by atoms with van der Waals surface area (Å²) in [6.45, 7) is 4.66. The normalized spacial score (nSPS) is 13.8. The van der Waals surface area contributed by atoms with Crippen LogP contribution in [0.5, 0.6) is 0 Å². The van der Waals surface area contributed by atoms with Crippen LogP contribution < -0.4 is 0 Å². The molecule has 0 radical (unpaired) electrons. The van der Waals surface area contributed by atoms with Crippen molar-refractivity contribution in [2.45, 2.75) is 13.0 Å². The van der Waals surface area contributed by atoms with Crippen LogP contribution >= 0.6 is 34.8 Å². The molecule has 0 bridgehead atoms. The number of nitrogens with zero attached hydrogens (tertiary/aromatic N) is 3. The molecule has 2 aromatic carbocycles. The van der Waals surface area contributed by atoms with E-state index >= 15 is 0 Å². The Hall–Kier alpha value is -3.19. The van der Waals surface area contributed by atoms with E-state index in [-0.39, 0.29) is 12.1 Å². The van der Waals surface area contributed by atoms with Gasteiger partial charge in [0.25, 0.3) is 0 Å². The number of ether oxygens (including phenoxy) is 1. The Morgan fingerprint density at radius 3 is 2.22 bits per heavy atom. The first-order valence-corrected chi connectivity index (χ1v) is 12.8. The maximum atomic E-state index is 12.0. The number of benzene rings is 2. The van der Waals surface area contributed by atoms with Crippen LogP contribution in [0.1, 0.15) is 29.7 Å². The lowest BCUT2D eigenvalue weighted by Crippen LogP contribution is -2.49. The molecule has 1 unspecified atom stereocenters. The van der Waals surface area contributed by atoms with Crippen molar-refractivity contribution in [3.05, 3.63) is 98.7 Å². The van der Waals surface area contributed by atoms with Gasteiger partial charge in [0.2, 0.25) is 0 Å². The highest BCUT2D eigenvalue weighted by Gasteiger charge is 2.28. The molecule has 1 aliphatic heterocycles. The fourth-order valence-corrected chi connectivity index (χ4v) is 4.25. The van der Waals surface area contributed by atoms with Gasteiger partial charge < -0.3 is 9.64 Å². The first-order valence-electron chi connectivity index (χ1n) is 11.7. The van der Waals surface area contributed by atoms with E-state index in [1.165, 1.54) is 0 Å². The lowest BCUT2D eigenvalue weighted by molar-refractivity contribution is 0.0735. The number of terminal acetylenes is 1. The average molecular weight is 555 g/mol. The van der Waals surface area contributed by atoms with Crippen molar-refractivity contribution in [1.82, 2.24) is 14.8 Å². The van der Waals surface area contributed by atoms with Crippen LogP contribution in [-0.4, -0.2) is 53.7 Å². The summed E-state index contributed by atoms with van der Waals surface area (Å²) < 4.78 is 5.09. The lowest BCUT2D eigenvalue weighted by atomic mass is 10.1. The zero-order valence-corrected chi connectivity index (χ0v) is 22.6. The molecule has 8 heteroatoms. The van der Waals surface area contributed by atoms with Crippen molar-refractivity contribution < 1.29 is 9.53 Å². The van der Waals surface area contributed by atoms with Crippen LogP contribution in [-0.2, 0) is 4.74 Å². The zero-order chi connectivity index (χ0) is 26.6. The number of amides is 1. The molecule has 1 fully saturated rings. The second kappa shape index (κ2) is 14.5. The van der Waals surface area contributed by atoms with Gasteiger partial charge in [-0.25, -0.2) is 9.78 Å². The first-order chi connectivity index (χ1) is 17.9. The Morgan fingerprint density at radius 1 is 1.00 bits per heavy atom. The van der Waals surface area contributed by atoms with Crippen molar-refractivity contribution in [2.75, 3.05) is 32.8 Å². The average Bonchev–Trinajstić information content (AvgIpc) is 2.90. The zero-order valence-electron chi connectivity index (χ0n) is 20.3. The van der Waals surface area contributed by atoms with Crippen molar-refractivity contribution >= 4 is 40.9 Å². The number of aromatic nitrogens is 1. The molecule has 1 aliphatic rings. The molecule has 0 N–H and O–H groups in total. The smallest absolute Gasteiger partial charge is 0.409 e. The number of piperazine rings is 1. The van der Waals surface area contributed by atoms with Crippen molar-refractivity contribution in [3.8, 4) is 24.2 Å². The molecule has 1 amide bonds. The number of halogens is 3. The van der Waals surface area contributed by atoms with Gasteiger partial charge in [0.15, 0.2) is 0 Å². The molecule has 0 aliphatic carbocycles. The quantitative estimate of drug-likeness (QED) is 0.271. The van der Waals surface area contributed by atoms with Gasteiger partial charge >= 0.3 is 6.09 Å². The fraction of sp³-hybridized carbons (Fsp3) is 0.241. The second-order valence-corrected chi connectivity index (χ2v) is 9.17. The molecule has 37 heavy (non-hydrogen) atoms. The SMILES string of the molecule is C#Cc1cccc(Cl)c1.CCOC(=O)N1CCN(C(C#Cc2cccc(Cl)c2)c2cccnc2Cl)CC1. The number of hydrogen-bond acceptors (Lipinski definition) is 4. The number of hydrogen-bond donors (Lipinski definition) is 0. The van der Waals surface area contributed by atoms with E-state index in [0.29, 0.717) is 48.0 Å². The Kier molecular flexibility index (Phi) is 11.1. The van der Waals surface area contributed by atoms with Crippen LogP contribution in [0.4, 0.5) is 4.79 Å². The largest absolute Gasteiger partial charge is 0.450 e. The van der Waals surface area contributed by atoms with Gasteiger partial charge in [-0.3, -0.25) is 4.90 Å². The molecular formula is C29H26Cl3N3O2. The van der Waals surface area contributed by atoms with Crippen LogP contribution in [0, 0.1) is 24.2 Å². The minimum atomic E-state index is -0.275. The Balaban J connectivity index is 0.000000356. The Bertz CT molecular complexity index is 1310. The summed E-state index contributed by atoms with van der Waals surface area (Å²) in [6.07, 6.45) is 6.49. The highest BCUT2D eigenvalue weighted by Crippen LogP contribution is 2.27. The number of rotatable bonds is 3. The summed E-state index contributed by atoms with van der Waals surface area (Å²) >= 11 is 18.0. The van der Waals surface area contributed by atoms with E-state index in [0.717, 1.165) is 16.7 Å². The van der Waals surface area contributed by atoms with E-state index in [1.807, 2.05) is 48.5 Å². The van der Waals surface area contributed by atoms with Crippen LogP contribution in [0.2, 0.25) is 15.2 Å². The van der Waals surface area contributed by atoms with Crippen molar-refractivity contribution in [1.29, 1.82) is 0 Å². The van der Waals surface area contributed by atoms with Crippen molar-refractivity contribution in [2.24, 2.45) is 0 Å². The van der Waals surface area contributed by atoms with Gasteiger partial charge in [-0.1, -0.05) is 70.8 Å². The second-order valence-electron chi connectivity index (χ2n) is 7.94. The number of carbonyl (C=O) groups excluding carboxylic acids is 1. The summed E-state index contributed by atoms with van der Waals surface area (Å²) in [5.41, 5.74) is 2.51. The molecule has 0 saturated carbocycles. The van der Waals surface area contributed by atoms with Gasteiger partial charge in [-0.2, -0.15) is 0 Å². The van der Waals surface area contributed by atoms with Crippen LogP contribution in [0.3, 0.4) is 0 Å². The lowest BCUT2D eigenvalue weighted by Gasteiger charge is -2.37. The topological polar surface area (TPSA) is 45.7 Å². The molecule has 190 valence electrons. The molecule has 4 rings (SSSR count). The third-order valence-corrected chi connectivity index (χ3v) is 6.24. The van der Waals surface area contributed by atoms with Gasteiger partial charge in [-0.05, 0) is 49.4 Å². The van der Waals surface area contributed by atoms with Gasteiger partial charge in [0, 0.05) is 59.1 Å². The van der Waals surface area contributed by atoms with Gasteiger partial charge in [0.1, 0.15) is 11.2 Å². The summed E-state index contributed by atoms with van der Waals surface area (Å²) in [5, 5.41) is 1.76. The van der Waals surface area contributed by atoms with E-state index in [2.05, 4.69) is 27.6 Å². The predicted octanol–water partition coefficient (Wildman–Crippen LogP) is 6.58. The Labute approximate surface area is 233 Å². The predicted molar refractivity (Wildman–Crippen MR) is 150 cm³/mol. The fourth-order valence-electron chi connectivity index (χ4n) is 3.64. The number of pyridine rings is 1. The van der Waals surface area contributed by atoms with Crippen LogP contribution in [0.15, 0.2) is 66.9 Å². The maximum Gasteiger partial charge on any atom is 0.409 e. The summed E-state index contributed by atoms with van der Waals surface area (Å²) in [4.78, 5) is 20.1. The standard InChI is InChI=1S/C21H21Cl2N3O2.C8H5Cl/c1-2-28-21(27)26-13-11-25(12-14-26)19(18-7-4-10-24-20(18)23)9-8-16-5-3-6-17(22)15-16;1-2-7-4-3-5-8(9)6-7/h3-7,10,15,19H,2,11-14H2,1H3;1,3-6H. The van der Waals surface area contributed by atoms with Gasteiger partial charge in [0.05, 0.1) is 6.61 Å². The molecule has 0 spiro atoms. The molecule has 5 nitrogen and oxygen atoms in total. The van der Waals surface area contributed by atoms with Gasteiger partial charge in [-0.15, -0.1) is 6.42 Å².